The molecule has 0 saturated heterocycles. The third-order valence-electron chi connectivity index (χ3n) is 3.91. The highest BCUT2D eigenvalue weighted by molar-refractivity contribution is 7.93. The molecule has 0 spiro atoms. The van der Waals surface area contributed by atoms with Gasteiger partial charge in [0.2, 0.25) is 6.79 Å². The molecule has 1 aromatic carbocycles. The average molecular weight is 410 g/mol. The fraction of sp³-hybridized carbons (Fsp3) is 0.294. The maximum absolute atomic E-state index is 13.1. The lowest BCUT2D eigenvalue weighted by molar-refractivity contribution is -0.139. The van der Waals surface area contributed by atoms with Crippen LogP contribution in [0.4, 0.5) is 0 Å². The molecular weight excluding hydrogens is 392 g/mol. The number of rotatable bonds is 6. The van der Waals surface area contributed by atoms with Gasteiger partial charge in [-0.05, 0) is 36.1 Å². The maximum atomic E-state index is 13.1. The molecule has 1 aromatic heterocycles. The monoisotopic (exact) mass is 410 g/mol. The standard InChI is InChI=1S/C17H18N2O6S2/c1-2-18-16(20)17(21)19-9-14(27(22,23)15-4-3-7-26-15)11-5-6-12-13(8-11)25-10-24-12/h3-8,14H,2,9-10H2,1H3,(H,18,20)(H,19,21)/t14-/m0/s1. The number of amides is 2. The van der Waals surface area contributed by atoms with Gasteiger partial charge in [0.05, 0.1) is 0 Å². The first-order chi connectivity index (χ1) is 12.9. The largest absolute Gasteiger partial charge is 0.454 e. The van der Waals surface area contributed by atoms with Gasteiger partial charge in [0.15, 0.2) is 21.3 Å². The summed E-state index contributed by atoms with van der Waals surface area (Å²) in [5.41, 5.74) is 0.434. The zero-order chi connectivity index (χ0) is 19.4. The highest BCUT2D eigenvalue weighted by atomic mass is 32.2. The predicted octanol–water partition coefficient (Wildman–Crippen LogP) is 1.24. The van der Waals surface area contributed by atoms with E-state index in [1.165, 1.54) is 6.07 Å². The molecule has 1 aliphatic rings. The smallest absolute Gasteiger partial charge is 0.309 e. The fourth-order valence-electron chi connectivity index (χ4n) is 2.59. The Labute approximate surface area is 160 Å². The van der Waals surface area contributed by atoms with E-state index in [1.54, 1.807) is 36.6 Å². The Kier molecular flexibility index (Phi) is 5.66. The molecule has 2 N–H and O–H groups in total. The molecule has 0 aliphatic carbocycles. The maximum Gasteiger partial charge on any atom is 0.309 e. The second kappa shape index (κ2) is 7.97. The van der Waals surface area contributed by atoms with Gasteiger partial charge in [0.1, 0.15) is 9.46 Å². The van der Waals surface area contributed by atoms with Crippen LogP contribution in [0.3, 0.4) is 0 Å². The SMILES string of the molecule is CCNC(=O)C(=O)NC[C@@H](c1ccc2c(c1)OCO2)S(=O)(=O)c1cccs1. The lowest BCUT2D eigenvalue weighted by Crippen LogP contribution is -2.42. The van der Waals surface area contributed by atoms with Crippen molar-refractivity contribution in [1.29, 1.82) is 0 Å². The van der Waals surface area contributed by atoms with Crippen LogP contribution in [0, 0.1) is 0 Å². The van der Waals surface area contributed by atoms with Crippen molar-refractivity contribution in [3.05, 3.63) is 41.3 Å². The minimum absolute atomic E-state index is 0.0645. The van der Waals surface area contributed by atoms with E-state index in [1.807, 2.05) is 0 Å². The van der Waals surface area contributed by atoms with Gasteiger partial charge in [-0.3, -0.25) is 9.59 Å². The highest BCUT2D eigenvalue weighted by Gasteiger charge is 2.32. The number of ether oxygens (including phenoxy) is 2. The van der Waals surface area contributed by atoms with E-state index >= 15 is 0 Å². The van der Waals surface area contributed by atoms with Gasteiger partial charge in [-0.25, -0.2) is 8.42 Å². The fourth-order valence-corrected chi connectivity index (χ4v) is 5.45. The Morgan fingerprint density at radius 3 is 2.59 bits per heavy atom. The van der Waals surface area contributed by atoms with Gasteiger partial charge < -0.3 is 20.1 Å². The van der Waals surface area contributed by atoms with Crippen molar-refractivity contribution in [2.75, 3.05) is 19.9 Å². The number of hydrogen-bond donors (Lipinski definition) is 2. The van der Waals surface area contributed by atoms with Crippen LogP contribution < -0.4 is 20.1 Å². The zero-order valence-electron chi connectivity index (χ0n) is 14.4. The Morgan fingerprint density at radius 2 is 1.89 bits per heavy atom. The van der Waals surface area contributed by atoms with Crippen molar-refractivity contribution in [3.8, 4) is 11.5 Å². The van der Waals surface area contributed by atoms with Crippen molar-refractivity contribution < 1.29 is 27.5 Å². The Balaban J connectivity index is 1.90. The summed E-state index contributed by atoms with van der Waals surface area (Å²) in [5.74, 6) is -0.731. The van der Waals surface area contributed by atoms with Gasteiger partial charge in [0.25, 0.3) is 0 Å². The van der Waals surface area contributed by atoms with Crippen LogP contribution in [0.5, 0.6) is 11.5 Å². The lowest BCUT2D eigenvalue weighted by Gasteiger charge is -2.18. The van der Waals surface area contributed by atoms with Gasteiger partial charge in [-0.15, -0.1) is 11.3 Å². The van der Waals surface area contributed by atoms with Crippen molar-refractivity contribution in [2.45, 2.75) is 16.4 Å². The number of likely N-dealkylation sites (N-methyl/N-ethyl adjacent to an activating group) is 1. The molecule has 0 radical (unpaired) electrons. The third-order valence-corrected chi connectivity index (χ3v) is 7.44. The second-order valence-corrected chi connectivity index (χ2v) is 8.95. The lowest BCUT2D eigenvalue weighted by atomic mass is 10.1. The van der Waals surface area contributed by atoms with Crippen LogP contribution in [0.25, 0.3) is 0 Å². The van der Waals surface area contributed by atoms with E-state index in [0.29, 0.717) is 23.6 Å². The van der Waals surface area contributed by atoms with E-state index in [2.05, 4.69) is 10.6 Å². The predicted molar refractivity (Wildman–Crippen MR) is 98.5 cm³/mol. The first-order valence-electron chi connectivity index (χ1n) is 8.16. The minimum Gasteiger partial charge on any atom is -0.454 e. The summed E-state index contributed by atoms with van der Waals surface area (Å²) in [6, 6.07) is 7.96. The number of fused-ring (bicyclic) bond motifs is 1. The number of hydrogen-bond acceptors (Lipinski definition) is 7. The second-order valence-electron chi connectivity index (χ2n) is 5.65. The van der Waals surface area contributed by atoms with Crippen molar-refractivity contribution in [1.82, 2.24) is 10.6 Å². The van der Waals surface area contributed by atoms with Crippen LogP contribution >= 0.6 is 11.3 Å². The van der Waals surface area contributed by atoms with E-state index in [9.17, 15) is 18.0 Å². The van der Waals surface area contributed by atoms with Crippen molar-refractivity contribution >= 4 is 33.0 Å². The molecule has 1 aliphatic heterocycles. The molecule has 1 atom stereocenters. The summed E-state index contributed by atoms with van der Waals surface area (Å²) in [7, 11) is -3.79. The molecule has 144 valence electrons. The molecule has 27 heavy (non-hydrogen) atoms. The Bertz CT molecular complexity index is 940. The molecule has 10 heteroatoms. The Hall–Kier alpha value is -2.59. The molecule has 3 rings (SSSR count). The van der Waals surface area contributed by atoms with Crippen LogP contribution in [0.2, 0.25) is 0 Å². The van der Waals surface area contributed by atoms with Crippen molar-refractivity contribution in [2.24, 2.45) is 0 Å². The zero-order valence-corrected chi connectivity index (χ0v) is 16.1. The van der Waals surface area contributed by atoms with Gasteiger partial charge in [-0.2, -0.15) is 0 Å². The van der Waals surface area contributed by atoms with Crippen LogP contribution in [-0.2, 0) is 19.4 Å². The van der Waals surface area contributed by atoms with Gasteiger partial charge >= 0.3 is 11.8 Å². The number of thiophene rings is 1. The summed E-state index contributed by atoms with van der Waals surface area (Å²) >= 11 is 1.09. The number of benzene rings is 1. The minimum atomic E-state index is -3.79. The Morgan fingerprint density at radius 1 is 1.15 bits per heavy atom. The quantitative estimate of drug-likeness (QED) is 0.694. The number of carbonyl (C=O) groups excluding carboxylic acids is 2. The number of sulfone groups is 1. The molecular formula is C17H18N2O6S2. The molecule has 2 heterocycles. The summed E-state index contributed by atoms with van der Waals surface area (Å²) in [6.45, 7) is 1.79. The van der Waals surface area contributed by atoms with E-state index in [0.717, 1.165) is 11.3 Å². The first-order valence-corrected chi connectivity index (χ1v) is 10.6. The highest BCUT2D eigenvalue weighted by Crippen LogP contribution is 2.38. The number of carbonyl (C=O) groups is 2. The van der Waals surface area contributed by atoms with Crippen LogP contribution in [-0.4, -0.2) is 40.1 Å². The molecule has 0 saturated carbocycles. The first kappa shape index (κ1) is 19.2. The van der Waals surface area contributed by atoms with E-state index in [4.69, 9.17) is 9.47 Å². The molecule has 2 aromatic rings. The topological polar surface area (TPSA) is 111 Å². The van der Waals surface area contributed by atoms with Crippen molar-refractivity contribution in [3.63, 3.8) is 0 Å². The van der Waals surface area contributed by atoms with Gasteiger partial charge in [0, 0.05) is 13.1 Å². The van der Waals surface area contributed by atoms with E-state index < -0.39 is 26.9 Å². The summed E-state index contributed by atoms with van der Waals surface area (Å²) in [6.07, 6.45) is 0. The summed E-state index contributed by atoms with van der Waals surface area (Å²) < 4.78 is 36.9. The molecule has 2 amide bonds. The summed E-state index contributed by atoms with van der Waals surface area (Å²) in [4.78, 5) is 23.5. The normalized spacial score (nSPS) is 13.8. The van der Waals surface area contributed by atoms with Crippen LogP contribution in [0.15, 0.2) is 39.9 Å². The average Bonchev–Trinajstić information content (AvgIpc) is 3.33. The molecule has 8 nitrogen and oxygen atoms in total. The van der Waals surface area contributed by atoms with E-state index in [-0.39, 0.29) is 17.5 Å². The molecule has 0 bridgehead atoms. The van der Waals surface area contributed by atoms with Crippen LogP contribution in [0.1, 0.15) is 17.7 Å². The third kappa shape index (κ3) is 4.06. The summed E-state index contributed by atoms with van der Waals surface area (Å²) in [5, 5.41) is 5.36. The van der Waals surface area contributed by atoms with Gasteiger partial charge in [-0.1, -0.05) is 12.1 Å². The number of nitrogens with one attached hydrogen (secondary N) is 2. The molecule has 0 fully saturated rings. The molecule has 0 unspecified atom stereocenters.